The molecule has 0 heterocycles. The van der Waals surface area contributed by atoms with Crippen molar-refractivity contribution in [3.8, 4) is 11.5 Å². The molecule has 0 atom stereocenters. The van der Waals surface area contributed by atoms with Gasteiger partial charge in [-0.25, -0.2) is 4.79 Å². The Morgan fingerprint density at radius 2 is 1.83 bits per heavy atom. The Labute approximate surface area is 150 Å². The lowest BCUT2D eigenvalue weighted by atomic mass is 10.1. The van der Waals surface area contributed by atoms with E-state index in [1.165, 1.54) is 6.08 Å². The third-order valence-corrected chi connectivity index (χ3v) is 3.97. The first-order valence-electron chi connectivity index (χ1n) is 7.35. The van der Waals surface area contributed by atoms with Gasteiger partial charge in [0.05, 0.1) is 14.2 Å². The zero-order valence-corrected chi connectivity index (χ0v) is 15.4. The number of ether oxygens (including phenoxy) is 3. The van der Waals surface area contributed by atoms with Gasteiger partial charge < -0.3 is 14.2 Å². The molecule has 2 aromatic carbocycles. The maximum atomic E-state index is 11.9. The average molecular weight is 391 g/mol. The number of hydrogen-bond donors (Lipinski definition) is 0. The van der Waals surface area contributed by atoms with Gasteiger partial charge in [-0.15, -0.1) is 0 Å². The van der Waals surface area contributed by atoms with Crippen LogP contribution in [-0.2, 0) is 16.1 Å². The van der Waals surface area contributed by atoms with Crippen molar-refractivity contribution in [2.45, 2.75) is 13.5 Å². The summed E-state index contributed by atoms with van der Waals surface area (Å²) in [7, 11) is 3.16. The lowest BCUT2D eigenvalue weighted by Gasteiger charge is -2.12. The van der Waals surface area contributed by atoms with Gasteiger partial charge in [0.1, 0.15) is 6.61 Å². The molecule has 0 aromatic heterocycles. The Morgan fingerprint density at radius 1 is 1.12 bits per heavy atom. The molecule has 4 nitrogen and oxygen atoms in total. The summed E-state index contributed by atoms with van der Waals surface area (Å²) in [5, 5.41) is 0. The van der Waals surface area contributed by atoms with E-state index in [2.05, 4.69) is 15.9 Å². The van der Waals surface area contributed by atoms with Gasteiger partial charge in [0.25, 0.3) is 0 Å². The predicted octanol–water partition coefficient (Wildman–Crippen LogP) is 4.53. The zero-order chi connectivity index (χ0) is 17.5. The van der Waals surface area contributed by atoms with Gasteiger partial charge in [0.2, 0.25) is 0 Å². The van der Waals surface area contributed by atoms with Gasteiger partial charge in [-0.05, 0) is 54.0 Å². The maximum Gasteiger partial charge on any atom is 0.331 e. The van der Waals surface area contributed by atoms with Crippen molar-refractivity contribution < 1.29 is 19.0 Å². The molecule has 0 spiro atoms. The van der Waals surface area contributed by atoms with E-state index in [4.69, 9.17) is 14.2 Å². The van der Waals surface area contributed by atoms with Gasteiger partial charge in [-0.3, -0.25) is 0 Å². The van der Waals surface area contributed by atoms with Crippen LogP contribution in [0.1, 0.15) is 16.7 Å². The molecule has 126 valence electrons. The number of benzene rings is 2. The molecule has 0 aliphatic heterocycles. The molecule has 0 saturated heterocycles. The van der Waals surface area contributed by atoms with Crippen LogP contribution in [0, 0.1) is 6.92 Å². The van der Waals surface area contributed by atoms with E-state index in [1.807, 2.05) is 43.3 Å². The molecular formula is C19H19BrO4. The lowest BCUT2D eigenvalue weighted by Crippen LogP contribution is -2.03. The van der Waals surface area contributed by atoms with Crippen molar-refractivity contribution >= 4 is 28.0 Å². The molecule has 0 fully saturated rings. The standard InChI is InChI=1S/C19H19BrO4/c1-13-9-17(22-2)18(23-3)11-15(13)12-24-19(21)8-7-14-5-4-6-16(20)10-14/h4-11H,12H2,1-3H3/b8-7+. The van der Waals surface area contributed by atoms with E-state index in [-0.39, 0.29) is 6.61 Å². The van der Waals surface area contributed by atoms with E-state index in [9.17, 15) is 4.79 Å². The number of aryl methyl sites for hydroxylation is 1. The molecule has 0 unspecified atom stereocenters. The first-order valence-corrected chi connectivity index (χ1v) is 8.14. The van der Waals surface area contributed by atoms with Crippen LogP contribution in [0.5, 0.6) is 11.5 Å². The topological polar surface area (TPSA) is 44.8 Å². The molecular weight excluding hydrogens is 372 g/mol. The van der Waals surface area contributed by atoms with Crippen LogP contribution in [-0.4, -0.2) is 20.2 Å². The third-order valence-electron chi connectivity index (χ3n) is 3.47. The fourth-order valence-corrected chi connectivity index (χ4v) is 2.57. The van der Waals surface area contributed by atoms with Crippen LogP contribution >= 0.6 is 15.9 Å². The van der Waals surface area contributed by atoms with E-state index in [0.717, 1.165) is 21.2 Å². The fourth-order valence-electron chi connectivity index (χ4n) is 2.15. The molecule has 0 N–H and O–H groups in total. The Balaban J connectivity index is 2.01. The molecule has 5 heteroatoms. The minimum Gasteiger partial charge on any atom is -0.493 e. The number of carbonyl (C=O) groups is 1. The summed E-state index contributed by atoms with van der Waals surface area (Å²) in [6.07, 6.45) is 3.13. The number of carbonyl (C=O) groups excluding carboxylic acids is 1. The average Bonchev–Trinajstić information content (AvgIpc) is 2.58. The highest BCUT2D eigenvalue weighted by atomic mass is 79.9. The molecule has 0 aliphatic rings. The smallest absolute Gasteiger partial charge is 0.331 e. The molecule has 0 amide bonds. The monoisotopic (exact) mass is 390 g/mol. The summed E-state index contributed by atoms with van der Waals surface area (Å²) in [6.45, 7) is 2.11. The molecule has 0 saturated carbocycles. The Hall–Kier alpha value is -2.27. The summed E-state index contributed by atoms with van der Waals surface area (Å²) in [6, 6.07) is 11.3. The largest absolute Gasteiger partial charge is 0.493 e. The van der Waals surface area contributed by atoms with Gasteiger partial charge in [0, 0.05) is 10.5 Å². The minimum atomic E-state index is -0.399. The Morgan fingerprint density at radius 3 is 2.50 bits per heavy atom. The first-order chi connectivity index (χ1) is 11.5. The molecule has 0 radical (unpaired) electrons. The fraction of sp³-hybridized carbons (Fsp3) is 0.211. The summed E-state index contributed by atoms with van der Waals surface area (Å²) < 4.78 is 16.8. The quantitative estimate of drug-likeness (QED) is 0.536. The molecule has 2 rings (SSSR count). The summed E-state index contributed by atoms with van der Waals surface area (Å²) >= 11 is 3.39. The lowest BCUT2D eigenvalue weighted by molar-refractivity contribution is -0.138. The SMILES string of the molecule is COc1cc(C)c(COC(=O)/C=C/c2cccc(Br)c2)cc1OC. The summed E-state index contributed by atoms with van der Waals surface area (Å²) in [5.41, 5.74) is 2.76. The number of halogens is 1. The van der Waals surface area contributed by atoms with E-state index < -0.39 is 5.97 Å². The van der Waals surface area contributed by atoms with Crippen LogP contribution in [0.3, 0.4) is 0 Å². The normalized spacial score (nSPS) is 10.7. The van der Waals surface area contributed by atoms with Crippen molar-refractivity contribution in [1.29, 1.82) is 0 Å². The molecule has 24 heavy (non-hydrogen) atoms. The minimum absolute atomic E-state index is 0.174. The first kappa shape index (κ1) is 18.1. The van der Waals surface area contributed by atoms with Crippen molar-refractivity contribution in [2.75, 3.05) is 14.2 Å². The molecule has 0 bridgehead atoms. The van der Waals surface area contributed by atoms with Gasteiger partial charge >= 0.3 is 5.97 Å². The second-order valence-corrected chi connectivity index (χ2v) is 6.05. The van der Waals surface area contributed by atoms with Crippen molar-refractivity contribution in [1.82, 2.24) is 0 Å². The molecule has 0 aliphatic carbocycles. The number of rotatable bonds is 6. The van der Waals surface area contributed by atoms with E-state index >= 15 is 0 Å². The zero-order valence-electron chi connectivity index (χ0n) is 13.8. The highest BCUT2D eigenvalue weighted by Crippen LogP contribution is 2.30. The number of esters is 1. The van der Waals surface area contributed by atoms with Crippen LogP contribution in [0.15, 0.2) is 46.9 Å². The van der Waals surface area contributed by atoms with Crippen molar-refractivity contribution in [3.05, 3.63) is 63.6 Å². The van der Waals surface area contributed by atoms with Gasteiger partial charge in [-0.1, -0.05) is 28.1 Å². The van der Waals surface area contributed by atoms with Crippen LogP contribution in [0.2, 0.25) is 0 Å². The second kappa shape index (κ2) is 8.55. The van der Waals surface area contributed by atoms with Crippen LogP contribution in [0.25, 0.3) is 6.08 Å². The van der Waals surface area contributed by atoms with Gasteiger partial charge in [0.15, 0.2) is 11.5 Å². The Bertz CT molecular complexity index is 753. The second-order valence-electron chi connectivity index (χ2n) is 5.13. The Kier molecular flexibility index (Phi) is 6.44. The highest BCUT2D eigenvalue weighted by molar-refractivity contribution is 9.10. The van der Waals surface area contributed by atoms with Crippen LogP contribution < -0.4 is 9.47 Å². The summed E-state index contributed by atoms with van der Waals surface area (Å²) in [5.74, 6) is 0.864. The van der Waals surface area contributed by atoms with Gasteiger partial charge in [-0.2, -0.15) is 0 Å². The summed E-state index contributed by atoms with van der Waals surface area (Å²) in [4.78, 5) is 11.9. The van der Waals surface area contributed by atoms with E-state index in [1.54, 1.807) is 20.3 Å². The maximum absolute atomic E-state index is 11.9. The van der Waals surface area contributed by atoms with E-state index in [0.29, 0.717) is 11.5 Å². The number of hydrogen-bond acceptors (Lipinski definition) is 4. The molecule has 2 aromatic rings. The number of methoxy groups -OCH3 is 2. The van der Waals surface area contributed by atoms with Crippen molar-refractivity contribution in [3.63, 3.8) is 0 Å². The van der Waals surface area contributed by atoms with Crippen molar-refractivity contribution in [2.24, 2.45) is 0 Å². The predicted molar refractivity (Wildman–Crippen MR) is 97.3 cm³/mol. The third kappa shape index (κ3) is 4.86. The van der Waals surface area contributed by atoms with Crippen LogP contribution in [0.4, 0.5) is 0 Å². The highest BCUT2D eigenvalue weighted by Gasteiger charge is 2.09.